The van der Waals surface area contributed by atoms with Crippen LogP contribution in [0.3, 0.4) is 0 Å². The first-order valence-electron chi connectivity index (χ1n) is 10.1. The molecule has 1 aromatic carbocycles. The van der Waals surface area contributed by atoms with Gasteiger partial charge in [0.1, 0.15) is 0 Å². The van der Waals surface area contributed by atoms with E-state index >= 15 is 0 Å². The Bertz CT molecular complexity index is 787. The number of hydrogen-bond donors (Lipinski definition) is 1. The van der Waals surface area contributed by atoms with E-state index in [1.807, 2.05) is 19.9 Å². The summed E-state index contributed by atoms with van der Waals surface area (Å²) in [6.45, 7) is 3.57. The highest BCUT2D eigenvalue weighted by Crippen LogP contribution is 2.65. The van der Waals surface area contributed by atoms with Crippen molar-refractivity contribution < 1.29 is 14.3 Å². The Morgan fingerprint density at radius 2 is 1.89 bits per heavy atom. The van der Waals surface area contributed by atoms with E-state index in [-0.39, 0.29) is 28.2 Å². The molecule has 1 amide bonds. The summed E-state index contributed by atoms with van der Waals surface area (Å²) < 4.78 is 5.56. The number of carbonyl (C=O) groups is 2. The highest BCUT2D eigenvalue weighted by Gasteiger charge is 2.57. The molecule has 2 unspecified atom stereocenters. The van der Waals surface area contributed by atoms with E-state index in [2.05, 4.69) is 21.2 Å². The number of hydrogen-bond acceptors (Lipinski definition) is 3. The summed E-state index contributed by atoms with van der Waals surface area (Å²) in [6.07, 6.45) is 7.49. The van der Waals surface area contributed by atoms with E-state index in [1.54, 1.807) is 6.07 Å². The predicted octanol–water partition coefficient (Wildman–Crippen LogP) is 5.56. The van der Waals surface area contributed by atoms with Gasteiger partial charge in [-0.25, -0.2) is 0 Å². The third kappa shape index (κ3) is 4.11. The van der Waals surface area contributed by atoms with Gasteiger partial charge in [-0.05, 0) is 86.8 Å². The van der Waals surface area contributed by atoms with Crippen molar-refractivity contribution in [3.63, 3.8) is 0 Å². The van der Waals surface area contributed by atoms with Crippen molar-refractivity contribution in [2.45, 2.75) is 63.1 Å². The number of nitrogens with one attached hydrogen (secondary N) is 1. The van der Waals surface area contributed by atoms with Crippen molar-refractivity contribution in [1.82, 2.24) is 0 Å². The highest BCUT2D eigenvalue weighted by atomic mass is 79.9. The van der Waals surface area contributed by atoms with E-state index in [0.29, 0.717) is 17.1 Å². The second kappa shape index (κ2) is 7.32. The number of carbonyl (C=O) groups excluding carboxylic acids is 2. The molecule has 0 aromatic heterocycles. The van der Waals surface area contributed by atoms with Gasteiger partial charge < -0.3 is 10.1 Å². The summed E-state index contributed by atoms with van der Waals surface area (Å²) in [5.74, 6) is 0.830. The number of ether oxygens (including phenoxy) is 1. The van der Waals surface area contributed by atoms with E-state index in [9.17, 15) is 9.59 Å². The first-order chi connectivity index (χ1) is 13.2. The van der Waals surface area contributed by atoms with Gasteiger partial charge in [-0.15, -0.1) is 0 Å². The first-order valence-corrected chi connectivity index (χ1v) is 11.2. The van der Waals surface area contributed by atoms with Gasteiger partial charge in [0.05, 0.1) is 17.1 Å². The van der Waals surface area contributed by atoms with Crippen LogP contribution in [0.25, 0.3) is 0 Å². The van der Waals surface area contributed by atoms with Crippen molar-refractivity contribution in [3.05, 3.63) is 28.3 Å². The summed E-state index contributed by atoms with van der Waals surface area (Å²) in [5, 5.41) is 3.26. The minimum Gasteiger partial charge on any atom is -0.456 e. The molecule has 4 fully saturated rings. The smallest absolute Gasteiger partial charge is 0.306 e. The van der Waals surface area contributed by atoms with Gasteiger partial charge in [0.25, 0.3) is 5.91 Å². The molecule has 6 heteroatoms. The Morgan fingerprint density at radius 1 is 1.21 bits per heavy atom. The summed E-state index contributed by atoms with van der Waals surface area (Å²) in [6, 6.07) is 3.76. The molecule has 4 atom stereocenters. The van der Waals surface area contributed by atoms with Crippen LogP contribution in [0.5, 0.6) is 0 Å². The molecule has 1 N–H and O–H groups in total. The highest BCUT2D eigenvalue weighted by molar-refractivity contribution is 9.10. The van der Waals surface area contributed by atoms with Crippen molar-refractivity contribution in [1.29, 1.82) is 0 Å². The van der Waals surface area contributed by atoms with E-state index in [4.69, 9.17) is 16.3 Å². The van der Waals surface area contributed by atoms with E-state index in [1.165, 1.54) is 19.3 Å². The summed E-state index contributed by atoms with van der Waals surface area (Å²) in [5.41, 5.74) is 2.56. The van der Waals surface area contributed by atoms with Gasteiger partial charge in [0.2, 0.25) is 0 Å². The Morgan fingerprint density at radius 3 is 2.50 bits per heavy atom. The molecule has 0 aliphatic heterocycles. The lowest BCUT2D eigenvalue weighted by atomic mass is 9.49. The lowest BCUT2D eigenvalue weighted by Crippen LogP contribution is -2.53. The molecule has 0 radical (unpaired) electrons. The topological polar surface area (TPSA) is 55.4 Å². The van der Waals surface area contributed by atoms with Gasteiger partial charge >= 0.3 is 5.97 Å². The van der Waals surface area contributed by atoms with Crippen LogP contribution in [0, 0.1) is 31.1 Å². The van der Waals surface area contributed by atoms with Gasteiger partial charge in [-0.3, -0.25) is 9.59 Å². The predicted molar refractivity (Wildman–Crippen MR) is 114 cm³/mol. The van der Waals surface area contributed by atoms with Crippen molar-refractivity contribution in [3.8, 4) is 0 Å². The Labute approximate surface area is 179 Å². The van der Waals surface area contributed by atoms with E-state index < -0.39 is 0 Å². The first kappa shape index (κ1) is 20.2. The molecule has 0 heterocycles. The second-order valence-corrected chi connectivity index (χ2v) is 11.5. The van der Waals surface area contributed by atoms with Crippen molar-refractivity contribution >= 4 is 45.1 Å². The number of rotatable bonds is 5. The van der Waals surface area contributed by atoms with Crippen LogP contribution in [-0.2, 0) is 14.3 Å². The fourth-order valence-electron chi connectivity index (χ4n) is 6.30. The molecule has 1 aromatic rings. The molecular formula is C22H27BrClNO3. The standard InChI is InChI=1S/C22H27BrClNO3/c1-13-3-14(2)20(17(24)4-13)25-18(26)11-28-19(27)10-21-6-15-5-16(7-21)9-22(23,8-15)12-21/h3-4,15-16H,5-12H2,1-2H3,(H,25,26)/t15-,16+,21?,22?. The number of aryl methyl sites for hydroxylation is 2. The zero-order valence-electron chi connectivity index (χ0n) is 16.4. The number of anilines is 1. The Kier molecular flexibility index (Phi) is 5.28. The zero-order valence-corrected chi connectivity index (χ0v) is 18.8. The zero-order chi connectivity index (χ0) is 20.1. The van der Waals surface area contributed by atoms with Crippen LogP contribution in [0.1, 0.15) is 56.1 Å². The maximum absolute atomic E-state index is 12.5. The lowest BCUT2D eigenvalue weighted by molar-refractivity contribution is -0.153. The van der Waals surface area contributed by atoms with Gasteiger partial charge in [0.15, 0.2) is 6.61 Å². The molecule has 4 bridgehead atoms. The molecule has 5 rings (SSSR count). The fourth-order valence-corrected chi connectivity index (χ4v) is 8.17. The molecule has 0 saturated heterocycles. The Balaban J connectivity index is 1.32. The van der Waals surface area contributed by atoms with Crippen molar-refractivity contribution in [2.24, 2.45) is 17.3 Å². The third-order valence-electron chi connectivity index (χ3n) is 6.69. The van der Waals surface area contributed by atoms with Gasteiger partial charge in [-0.1, -0.05) is 33.6 Å². The van der Waals surface area contributed by atoms with E-state index in [0.717, 1.165) is 42.2 Å². The second-order valence-electron chi connectivity index (χ2n) is 9.44. The van der Waals surface area contributed by atoms with Crippen LogP contribution in [0.4, 0.5) is 5.69 Å². The van der Waals surface area contributed by atoms with Crippen molar-refractivity contribution in [2.75, 3.05) is 11.9 Å². The summed E-state index contributed by atoms with van der Waals surface area (Å²) in [7, 11) is 0. The normalized spacial score (nSPS) is 33.0. The maximum Gasteiger partial charge on any atom is 0.306 e. The maximum atomic E-state index is 12.5. The van der Waals surface area contributed by atoms with Crippen LogP contribution >= 0.6 is 27.5 Å². The molecule has 4 aliphatic rings. The Hall–Kier alpha value is -1.07. The number of benzene rings is 1. The molecule has 152 valence electrons. The summed E-state index contributed by atoms with van der Waals surface area (Å²) in [4.78, 5) is 24.8. The number of esters is 1. The lowest BCUT2D eigenvalue weighted by Gasteiger charge is -2.60. The largest absolute Gasteiger partial charge is 0.456 e. The monoisotopic (exact) mass is 467 g/mol. The quantitative estimate of drug-likeness (QED) is 0.454. The summed E-state index contributed by atoms with van der Waals surface area (Å²) >= 11 is 10.2. The van der Waals surface area contributed by atoms with Gasteiger partial charge in [0, 0.05) is 4.32 Å². The fraction of sp³-hybridized carbons (Fsp3) is 0.636. The molecule has 4 nitrogen and oxygen atoms in total. The van der Waals surface area contributed by atoms with Crippen LogP contribution in [0.2, 0.25) is 5.02 Å². The third-order valence-corrected chi connectivity index (χ3v) is 7.92. The average molecular weight is 469 g/mol. The van der Waals surface area contributed by atoms with Crippen LogP contribution < -0.4 is 5.32 Å². The molecule has 4 aliphatic carbocycles. The molecular weight excluding hydrogens is 442 g/mol. The number of halogens is 2. The molecule has 28 heavy (non-hydrogen) atoms. The SMILES string of the molecule is Cc1cc(C)c(NC(=O)COC(=O)CC23C[C@@H]4C[C@@H](CC(Br)(C4)C2)C3)c(Cl)c1. The van der Waals surface area contributed by atoms with Gasteiger partial charge in [-0.2, -0.15) is 0 Å². The van der Waals surface area contributed by atoms with Crippen LogP contribution in [-0.4, -0.2) is 22.8 Å². The number of alkyl halides is 1. The number of amides is 1. The molecule has 0 spiro atoms. The average Bonchev–Trinajstić information content (AvgIpc) is 2.53. The van der Waals surface area contributed by atoms with Crippen LogP contribution in [0.15, 0.2) is 12.1 Å². The minimum absolute atomic E-state index is 0.0536. The molecule has 4 saturated carbocycles. The minimum atomic E-state index is -0.357.